The lowest BCUT2D eigenvalue weighted by Gasteiger charge is -2.32. The summed E-state index contributed by atoms with van der Waals surface area (Å²) < 4.78 is 2.30. The summed E-state index contributed by atoms with van der Waals surface area (Å²) in [5, 5.41) is 3.39. The lowest BCUT2D eigenvalue weighted by molar-refractivity contribution is 0.102. The first-order chi connectivity index (χ1) is 14.4. The van der Waals surface area contributed by atoms with Gasteiger partial charge in [-0.3, -0.25) is 9.69 Å². The van der Waals surface area contributed by atoms with Gasteiger partial charge in [0.25, 0.3) is 5.91 Å². The third kappa shape index (κ3) is 4.36. The van der Waals surface area contributed by atoms with Crippen LogP contribution in [0.2, 0.25) is 5.02 Å². The molecule has 1 saturated heterocycles. The third-order valence-electron chi connectivity index (χ3n) is 5.62. The van der Waals surface area contributed by atoms with Crippen LogP contribution in [0, 0.1) is 0 Å². The highest BCUT2D eigenvalue weighted by Gasteiger charge is 2.20. The van der Waals surface area contributed by atoms with Crippen LogP contribution in [-0.4, -0.2) is 58.5 Å². The van der Waals surface area contributed by atoms with Crippen molar-refractivity contribution in [2.24, 2.45) is 0 Å². The van der Waals surface area contributed by atoms with Gasteiger partial charge >= 0.3 is 0 Å². The number of nitrogens with one attached hydrogen (secondary N) is 1. The van der Waals surface area contributed by atoms with E-state index in [0.717, 1.165) is 49.6 Å². The lowest BCUT2D eigenvalue weighted by atomic mass is 10.2. The van der Waals surface area contributed by atoms with E-state index in [0.29, 0.717) is 22.3 Å². The predicted octanol–water partition coefficient (Wildman–Crippen LogP) is 4.27. The number of piperazine rings is 1. The normalized spacial score (nSPS) is 15.8. The van der Waals surface area contributed by atoms with E-state index in [4.69, 9.17) is 16.6 Å². The van der Waals surface area contributed by atoms with Gasteiger partial charge in [-0.2, -0.15) is 0 Å². The molecule has 0 saturated carbocycles. The third-order valence-corrected chi connectivity index (χ3v) is 5.95. The Hall–Kier alpha value is -2.41. The molecule has 0 aliphatic carbocycles. The number of imidazole rings is 1. The van der Waals surface area contributed by atoms with E-state index >= 15 is 0 Å². The van der Waals surface area contributed by atoms with Crippen LogP contribution in [0.5, 0.6) is 0 Å². The van der Waals surface area contributed by atoms with Gasteiger partial charge in [-0.25, -0.2) is 4.98 Å². The van der Waals surface area contributed by atoms with E-state index in [-0.39, 0.29) is 5.91 Å². The molecule has 0 unspecified atom stereocenters. The van der Waals surface area contributed by atoms with Crippen LogP contribution in [0.3, 0.4) is 0 Å². The number of hydrogen-bond acceptors (Lipinski definition) is 4. The Morgan fingerprint density at radius 2 is 1.87 bits per heavy atom. The fourth-order valence-corrected chi connectivity index (χ4v) is 4.19. The zero-order chi connectivity index (χ0) is 21.3. The molecule has 0 radical (unpaired) electrons. The molecule has 6 nitrogen and oxygen atoms in total. The SMILES string of the molecule is CC(C)n1c(CN2CCN(C)CC2)nc2cc(NC(=O)c3ccccc3Cl)ccc21. The van der Waals surface area contributed by atoms with E-state index in [1.807, 2.05) is 24.3 Å². The molecule has 1 amide bonds. The summed E-state index contributed by atoms with van der Waals surface area (Å²) in [6.07, 6.45) is 0. The van der Waals surface area contributed by atoms with Crippen molar-refractivity contribution in [2.45, 2.75) is 26.4 Å². The fourth-order valence-electron chi connectivity index (χ4n) is 3.96. The highest BCUT2D eigenvalue weighted by atomic mass is 35.5. The van der Waals surface area contributed by atoms with Crippen molar-refractivity contribution >= 4 is 34.2 Å². The van der Waals surface area contributed by atoms with Gasteiger partial charge in [0.05, 0.1) is 28.2 Å². The zero-order valence-electron chi connectivity index (χ0n) is 17.7. The van der Waals surface area contributed by atoms with Crippen molar-refractivity contribution in [1.82, 2.24) is 19.4 Å². The van der Waals surface area contributed by atoms with Gasteiger partial charge in [0, 0.05) is 37.9 Å². The highest BCUT2D eigenvalue weighted by Crippen LogP contribution is 2.26. The Labute approximate surface area is 182 Å². The van der Waals surface area contributed by atoms with Gasteiger partial charge in [0.2, 0.25) is 0 Å². The molecule has 0 bridgehead atoms. The van der Waals surface area contributed by atoms with Crippen molar-refractivity contribution < 1.29 is 4.79 Å². The molecule has 0 spiro atoms. The van der Waals surface area contributed by atoms with Crippen molar-refractivity contribution in [3.63, 3.8) is 0 Å². The molecule has 1 aromatic heterocycles. The quantitative estimate of drug-likeness (QED) is 0.663. The number of anilines is 1. The van der Waals surface area contributed by atoms with E-state index in [1.54, 1.807) is 18.2 Å². The molecule has 2 heterocycles. The summed E-state index contributed by atoms with van der Waals surface area (Å²) in [6, 6.07) is 13.3. The van der Waals surface area contributed by atoms with Crippen LogP contribution in [0.4, 0.5) is 5.69 Å². The van der Waals surface area contributed by atoms with Gasteiger partial charge in [-0.15, -0.1) is 0 Å². The largest absolute Gasteiger partial charge is 0.324 e. The van der Waals surface area contributed by atoms with Crippen LogP contribution < -0.4 is 5.32 Å². The molecular weight excluding hydrogens is 398 g/mol. The lowest BCUT2D eigenvalue weighted by Crippen LogP contribution is -2.44. The molecular formula is C23H28ClN5O. The summed E-state index contributed by atoms with van der Waals surface area (Å²) in [5.74, 6) is 0.847. The number of amides is 1. The Morgan fingerprint density at radius 1 is 1.13 bits per heavy atom. The van der Waals surface area contributed by atoms with Crippen LogP contribution >= 0.6 is 11.6 Å². The minimum absolute atomic E-state index is 0.221. The van der Waals surface area contributed by atoms with Gasteiger partial charge in [-0.1, -0.05) is 23.7 Å². The van der Waals surface area contributed by atoms with Gasteiger partial charge in [-0.05, 0) is 51.2 Å². The Kier molecular flexibility index (Phi) is 6.09. The van der Waals surface area contributed by atoms with Crippen molar-refractivity contribution in [3.05, 3.63) is 58.9 Å². The number of carbonyl (C=O) groups excluding carboxylic acids is 1. The summed E-state index contributed by atoms with van der Waals surface area (Å²) in [4.78, 5) is 22.4. The Morgan fingerprint density at radius 3 is 2.57 bits per heavy atom. The number of halogens is 1. The van der Waals surface area contributed by atoms with E-state index < -0.39 is 0 Å². The molecule has 7 heteroatoms. The standard InChI is InChI=1S/C23H28ClN5O/c1-16(2)29-21-9-8-17(25-23(30)18-6-4-5-7-19(18)24)14-20(21)26-22(29)15-28-12-10-27(3)11-13-28/h4-9,14,16H,10-13,15H2,1-3H3,(H,25,30). The smallest absolute Gasteiger partial charge is 0.257 e. The number of carbonyl (C=O) groups is 1. The second kappa shape index (κ2) is 8.76. The maximum absolute atomic E-state index is 12.6. The first kappa shape index (κ1) is 20.8. The molecule has 1 fully saturated rings. The van der Waals surface area contributed by atoms with Crippen LogP contribution in [0.1, 0.15) is 36.1 Å². The Balaban J connectivity index is 1.59. The van der Waals surface area contributed by atoms with Crippen molar-refractivity contribution in [1.29, 1.82) is 0 Å². The second-order valence-corrected chi connectivity index (χ2v) is 8.62. The summed E-state index contributed by atoms with van der Waals surface area (Å²) in [7, 11) is 2.17. The molecule has 30 heavy (non-hydrogen) atoms. The average Bonchev–Trinajstić information content (AvgIpc) is 3.07. The number of fused-ring (bicyclic) bond motifs is 1. The van der Waals surface area contributed by atoms with E-state index in [1.165, 1.54) is 0 Å². The fraction of sp³-hybridized carbons (Fsp3) is 0.391. The van der Waals surface area contributed by atoms with Crippen LogP contribution in [0.25, 0.3) is 11.0 Å². The van der Waals surface area contributed by atoms with E-state index in [2.05, 4.69) is 40.6 Å². The molecule has 0 atom stereocenters. The number of rotatable bonds is 5. The summed E-state index contributed by atoms with van der Waals surface area (Å²) in [5.41, 5.74) is 3.16. The monoisotopic (exact) mass is 425 g/mol. The summed E-state index contributed by atoms with van der Waals surface area (Å²) in [6.45, 7) is 9.47. The van der Waals surface area contributed by atoms with Gasteiger partial charge in [0.15, 0.2) is 0 Å². The number of aromatic nitrogens is 2. The molecule has 1 aliphatic rings. The molecule has 158 valence electrons. The van der Waals surface area contributed by atoms with Gasteiger partial charge < -0.3 is 14.8 Å². The van der Waals surface area contributed by atoms with Gasteiger partial charge in [0.1, 0.15) is 5.82 Å². The predicted molar refractivity (Wildman–Crippen MR) is 122 cm³/mol. The molecule has 1 N–H and O–H groups in total. The number of nitrogens with zero attached hydrogens (tertiary/aromatic N) is 4. The topological polar surface area (TPSA) is 53.4 Å². The van der Waals surface area contributed by atoms with Crippen molar-refractivity contribution in [2.75, 3.05) is 38.5 Å². The summed E-state index contributed by atoms with van der Waals surface area (Å²) >= 11 is 6.16. The highest BCUT2D eigenvalue weighted by molar-refractivity contribution is 6.34. The van der Waals surface area contributed by atoms with Crippen molar-refractivity contribution in [3.8, 4) is 0 Å². The first-order valence-electron chi connectivity index (χ1n) is 10.4. The number of likely N-dealkylation sites (N-methyl/N-ethyl adjacent to an activating group) is 1. The Bertz CT molecular complexity index is 1050. The molecule has 1 aliphatic heterocycles. The zero-order valence-corrected chi connectivity index (χ0v) is 18.5. The minimum Gasteiger partial charge on any atom is -0.324 e. The number of benzene rings is 2. The minimum atomic E-state index is -0.221. The second-order valence-electron chi connectivity index (χ2n) is 8.21. The van der Waals surface area contributed by atoms with Crippen LogP contribution in [-0.2, 0) is 6.54 Å². The molecule has 4 rings (SSSR count). The van der Waals surface area contributed by atoms with E-state index in [9.17, 15) is 4.79 Å². The molecule has 3 aromatic rings. The maximum atomic E-state index is 12.6. The molecule has 2 aromatic carbocycles. The first-order valence-corrected chi connectivity index (χ1v) is 10.8. The maximum Gasteiger partial charge on any atom is 0.257 e. The number of hydrogen-bond donors (Lipinski definition) is 1. The van der Waals surface area contributed by atoms with Crippen LogP contribution in [0.15, 0.2) is 42.5 Å². The average molecular weight is 426 g/mol.